The number of amidine groups is 1. The predicted molar refractivity (Wildman–Crippen MR) is 94.8 cm³/mol. The lowest BCUT2D eigenvalue weighted by atomic mass is 10.2. The molecule has 3 heterocycles. The minimum atomic E-state index is 0.0456. The van der Waals surface area contributed by atoms with E-state index in [1.54, 1.807) is 6.92 Å². The molecule has 24 heavy (non-hydrogen) atoms. The first-order chi connectivity index (χ1) is 11.5. The lowest BCUT2D eigenvalue weighted by Gasteiger charge is -2.35. The number of carbonyl (C=O) groups is 1. The minimum Gasteiger partial charge on any atom is -0.352 e. The van der Waals surface area contributed by atoms with E-state index in [4.69, 9.17) is 4.99 Å². The fourth-order valence-electron chi connectivity index (χ4n) is 3.24. The van der Waals surface area contributed by atoms with Gasteiger partial charge in [-0.15, -0.1) is 11.3 Å². The minimum absolute atomic E-state index is 0.0456. The van der Waals surface area contributed by atoms with Crippen LogP contribution in [-0.4, -0.2) is 58.2 Å². The van der Waals surface area contributed by atoms with Crippen molar-refractivity contribution in [2.45, 2.75) is 33.2 Å². The lowest BCUT2D eigenvalue weighted by molar-refractivity contribution is 0.101. The maximum Gasteiger partial charge on any atom is 0.188 e. The summed E-state index contributed by atoms with van der Waals surface area (Å²) in [6.45, 7) is 7.04. The quantitative estimate of drug-likeness (QED) is 0.767. The van der Waals surface area contributed by atoms with Crippen LogP contribution in [0, 0.1) is 12.8 Å². The zero-order valence-electron chi connectivity index (χ0n) is 14.4. The Hall–Kier alpha value is -1.89. The van der Waals surface area contributed by atoms with E-state index in [2.05, 4.69) is 32.9 Å². The van der Waals surface area contributed by atoms with Crippen LogP contribution in [0.4, 0.5) is 0 Å². The molecule has 0 spiro atoms. The molecule has 2 aliphatic heterocycles. The van der Waals surface area contributed by atoms with E-state index in [0.29, 0.717) is 5.01 Å². The average Bonchev–Trinajstić information content (AvgIpc) is 3.14. The third-order valence-corrected chi connectivity index (χ3v) is 5.86. The highest BCUT2D eigenvalue weighted by Crippen LogP contribution is 2.33. The number of likely N-dealkylation sites (N-methyl/N-ethyl adjacent to an activating group) is 1. The molecule has 0 unspecified atom stereocenters. The van der Waals surface area contributed by atoms with Crippen molar-refractivity contribution in [3.8, 4) is 0 Å². The number of Topliss-reactive ketones (excluding diaryl/α,β-unsaturated/α-hetero) is 1. The Labute approximate surface area is 146 Å². The van der Waals surface area contributed by atoms with Crippen LogP contribution in [-0.2, 0) is 6.54 Å². The summed E-state index contributed by atoms with van der Waals surface area (Å²) in [7, 11) is 2.09. The number of aromatic nitrogens is 1. The van der Waals surface area contributed by atoms with E-state index in [-0.39, 0.29) is 5.78 Å². The average molecular weight is 345 g/mol. The van der Waals surface area contributed by atoms with E-state index in [1.807, 2.05) is 6.92 Å². The number of nitrogens with zero attached hydrogens (tertiary/aromatic N) is 5. The second kappa shape index (κ2) is 5.88. The number of aryl methyl sites for hydroxylation is 1. The normalized spacial score (nSPS) is 20.2. The fourth-order valence-corrected chi connectivity index (χ4v) is 4.06. The van der Waals surface area contributed by atoms with E-state index < -0.39 is 0 Å². The summed E-state index contributed by atoms with van der Waals surface area (Å²) in [5.74, 6) is 2.00. The number of aliphatic imine (C=N–C) groups is 1. The maximum atomic E-state index is 11.5. The van der Waals surface area contributed by atoms with Crippen LogP contribution >= 0.6 is 11.3 Å². The predicted octanol–water partition coefficient (Wildman–Crippen LogP) is 2.28. The number of carbonyl (C=O) groups excluding carboxylic acids is 1. The molecule has 0 N–H and O–H groups in total. The standard InChI is InChI=1S/C17H23N5OS/c1-11(23)17-19-14(12(2)24-17)7-21-8-15-16(20(3)10-21)18-9-22(15)6-13-4-5-13/h8,13H,4-7,9-10H2,1-3H3. The molecule has 0 bridgehead atoms. The Morgan fingerprint density at radius 1 is 1.42 bits per heavy atom. The molecular weight excluding hydrogens is 322 g/mol. The second-order valence-electron chi connectivity index (χ2n) is 6.97. The number of hydrogen-bond donors (Lipinski definition) is 0. The van der Waals surface area contributed by atoms with E-state index in [0.717, 1.165) is 48.8 Å². The van der Waals surface area contributed by atoms with Crippen molar-refractivity contribution in [3.05, 3.63) is 27.5 Å². The molecule has 6 nitrogen and oxygen atoms in total. The van der Waals surface area contributed by atoms with Crippen molar-refractivity contribution in [2.24, 2.45) is 10.9 Å². The van der Waals surface area contributed by atoms with Crippen LogP contribution in [0.2, 0.25) is 0 Å². The van der Waals surface area contributed by atoms with Gasteiger partial charge in [-0.2, -0.15) is 0 Å². The van der Waals surface area contributed by atoms with Gasteiger partial charge in [-0.05, 0) is 25.7 Å². The number of fused-ring (bicyclic) bond motifs is 1. The topological polar surface area (TPSA) is 52.0 Å². The van der Waals surface area contributed by atoms with Crippen LogP contribution in [0.5, 0.6) is 0 Å². The zero-order chi connectivity index (χ0) is 16.8. The molecule has 1 fully saturated rings. The Kier molecular flexibility index (Phi) is 3.83. The summed E-state index contributed by atoms with van der Waals surface area (Å²) in [5.41, 5.74) is 2.23. The number of ketones is 1. The Morgan fingerprint density at radius 2 is 2.21 bits per heavy atom. The van der Waals surface area contributed by atoms with Gasteiger partial charge in [-0.3, -0.25) is 4.79 Å². The SMILES string of the molecule is CC(=O)c1nc(CN2C=C3C(=NCN3CC3CC3)N(C)C2)c(C)s1. The van der Waals surface area contributed by atoms with Gasteiger partial charge in [0.15, 0.2) is 16.6 Å². The van der Waals surface area contributed by atoms with Crippen LogP contribution in [0.3, 0.4) is 0 Å². The van der Waals surface area contributed by atoms with Gasteiger partial charge >= 0.3 is 0 Å². The summed E-state index contributed by atoms with van der Waals surface area (Å²) >= 11 is 1.49. The van der Waals surface area contributed by atoms with Gasteiger partial charge in [0, 0.05) is 31.6 Å². The van der Waals surface area contributed by atoms with Gasteiger partial charge in [-0.25, -0.2) is 9.98 Å². The van der Waals surface area contributed by atoms with Gasteiger partial charge in [-0.1, -0.05) is 0 Å². The van der Waals surface area contributed by atoms with Gasteiger partial charge in [0.1, 0.15) is 6.67 Å². The molecule has 1 aromatic heterocycles. The molecule has 0 atom stereocenters. The summed E-state index contributed by atoms with van der Waals surface area (Å²) in [6, 6.07) is 0. The molecule has 1 aromatic rings. The summed E-state index contributed by atoms with van der Waals surface area (Å²) < 4.78 is 0. The molecule has 0 aromatic carbocycles. The van der Waals surface area contributed by atoms with Crippen LogP contribution in [0.1, 0.15) is 40.1 Å². The van der Waals surface area contributed by atoms with Crippen molar-refractivity contribution in [2.75, 3.05) is 26.9 Å². The number of thiazole rings is 1. The first kappa shape index (κ1) is 15.6. The molecule has 1 aliphatic carbocycles. The monoisotopic (exact) mass is 345 g/mol. The summed E-state index contributed by atoms with van der Waals surface area (Å²) in [4.78, 5) is 28.8. The van der Waals surface area contributed by atoms with Gasteiger partial charge in [0.25, 0.3) is 0 Å². The number of hydrogen-bond acceptors (Lipinski definition) is 7. The third-order valence-electron chi connectivity index (χ3n) is 4.74. The molecule has 7 heteroatoms. The lowest BCUT2D eigenvalue weighted by Crippen LogP contribution is -2.43. The zero-order valence-corrected chi connectivity index (χ0v) is 15.3. The summed E-state index contributed by atoms with van der Waals surface area (Å²) in [5, 5.41) is 0.610. The van der Waals surface area contributed by atoms with E-state index in [9.17, 15) is 4.79 Å². The van der Waals surface area contributed by atoms with E-state index in [1.165, 1.54) is 29.9 Å². The van der Waals surface area contributed by atoms with Gasteiger partial charge < -0.3 is 14.7 Å². The maximum absolute atomic E-state index is 11.5. The number of rotatable bonds is 5. The highest BCUT2D eigenvalue weighted by molar-refractivity contribution is 7.13. The Bertz CT molecular complexity index is 733. The van der Waals surface area contributed by atoms with Crippen molar-refractivity contribution in [1.82, 2.24) is 19.7 Å². The van der Waals surface area contributed by atoms with Crippen molar-refractivity contribution >= 4 is 23.0 Å². The highest BCUT2D eigenvalue weighted by Gasteiger charge is 2.33. The van der Waals surface area contributed by atoms with Crippen molar-refractivity contribution in [1.29, 1.82) is 0 Å². The molecule has 0 saturated heterocycles. The third kappa shape index (κ3) is 2.92. The fraction of sp³-hybridized carbons (Fsp3) is 0.588. The first-order valence-corrected chi connectivity index (χ1v) is 9.27. The Balaban J connectivity index is 1.54. The first-order valence-electron chi connectivity index (χ1n) is 8.45. The largest absolute Gasteiger partial charge is 0.352 e. The summed E-state index contributed by atoms with van der Waals surface area (Å²) in [6.07, 6.45) is 4.93. The van der Waals surface area contributed by atoms with Gasteiger partial charge in [0.05, 0.1) is 24.6 Å². The molecule has 0 radical (unpaired) electrons. The van der Waals surface area contributed by atoms with Gasteiger partial charge in [0.2, 0.25) is 0 Å². The molecule has 128 valence electrons. The van der Waals surface area contributed by atoms with Crippen LogP contribution in [0.15, 0.2) is 16.9 Å². The molecule has 0 amide bonds. The smallest absolute Gasteiger partial charge is 0.188 e. The van der Waals surface area contributed by atoms with Crippen molar-refractivity contribution in [3.63, 3.8) is 0 Å². The molecular formula is C17H23N5OS. The molecule has 3 aliphatic rings. The highest BCUT2D eigenvalue weighted by atomic mass is 32.1. The van der Waals surface area contributed by atoms with Crippen molar-refractivity contribution < 1.29 is 4.79 Å². The second-order valence-corrected chi connectivity index (χ2v) is 8.17. The molecule has 1 saturated carbocycles. The van der Waals surface area contributed by atoms with Crippen LogP contribution < -0.4 is 0 Å². The van der Waals surface area contributed by atoms with E-state index >= 15 is 0 Å². The Morgan fingerprint density at radius 3 is 2.88 bits per heavy atom. The van der Waals surface area contributed by atoms with Crippen LogP contribution in [0.25, 0.3) is 0 Å². The molecule has 4 rings (SSSR count).